The highest BCUT2D eigenvalue weighted by Crippen LogP contribution is 2.55. The molecule has 0 heterocycles. The molecule has 3 heteroatoms. The molecular weight excluding hydrogens is 336 g/mol. The number of aromatic hydroxyl groups is 2. The second kappa shape index (κ2) is 6.87. The Morgan fingerprint density at radius 3 is 2.48 bits per heavy atom. The van der Waals surface area contributed by atoms with Gasteiger partial charge in [0.25, 0.3) is 0 Å². The van der Waals surface area contributed by atoms with Crippen LogP contribution in [0.3, 0.4) is 0 Å². The van der Waals surface area contributed by atoms with Crippen LogP contribution in [0.25, 0.3) is 0 Å². The van der Waals surface area contributed by atoms with E-state index < -0.39 is 5.60 Å². The van der Waals surface area contributed by atoms with Gasteiger partial charge in [-0.1, -0.05) is 31.5 Å². The molecule has 2 aliphatic rings. The number of benzene rings is 2. The lowest BCUT2D eigenvalue weighted by molar-refractivity contribution is -0.0565. The largest absolute Gasteiger partial charge is 0.508 e. The van der Waals surface area contributed by atoms with Crippen molar-refractivity contribution in [2.45, 2.75) is 69.3 Å². The van der Waals surface area contributed by atoms with Gasteiger partial charge in [-0.15, -0.1) is 0 Å². The van der Waals surface area contributed by atoms with Gasteiger partial charge in [0.05, 0.1) is 5.60 Å². The number of aryl methyl sites for hydroxylation is 1. The van der Waals surface area contributed by atoms with Crippen molar-refractivity contribution in [1.82, 2.24) is 0 Å². The minimum absolute atomic E-state index is 0.00176. The molecule has 0 radical (unpaired) electrons. The SMILES string of the molecule is CCCC1(O)CC[C@@]2(Cc3ccc(O)cc3)c3ccc(O)cc3CC[C@@H]2C1. The highest BCUT2D eigenvalue weighted by atomic mass is 16.3. The second-order valence-corrected chi connectivity index (χ2v) is 8.75. The molecule has 4 rings (SSSR count). The standard InChI is InChI=1S/C24H30O3/c1-2-11-23(27)12-13-24(15-17-3-7-20(25)8-4-17)19(16-23)6-5-18-14-21(26)9-10-22(18)24/h3-4,7-10,14,19,25-27H,2,5-6,11-13,15-16H2,1H3/t19-,23?,24+/m1/s1. The van der Waals surface area contributed by atoms with Gasteiger partial charge in [0.15, 0.2) is 0 Å². The van der Waals surface area contributed by atoms with E-state index in [9.17, 15) is 15.3 Å². The first-order valence-corrected chi connectivity index (χ1v) is 10.3. The summed E-state index contributed by atoms with van der Waals surface area (Å²) >= 11 is 0. The van der Waals surface area contributed by atoms with E-state index in [0.29, 0.717) is 17.4 Å². The van der Waals surface area contributed by atoms with Gasteiger partial charge in [-0.25, -0.2) is 0 Å². The number of hydrogen-bond acceptors (Lipinski definition) is 3. The molecule has 3 nitrogen and oxygen atoms in total. The van der Waals surface area contributed by atoms with Gasteiger partial charge in [0.1, 0.15) is 11.5 Å². The van der Waals surface area contributed by atoms with Crippen LogP contribution in [-0.2, 0) is 18.3 Å². The van der Waals surface area contributed by atoms with Crippen LogP contribution in [0.4, 0.5) is 0 Å². The first-order valence-electron chi connectivity index (χ1n) is 10.3. The molecule has 0 aliphatic heterocycles. The van der Waals surface area contributed by atoms with Crippen LogP contribution in [0.1, 0.15) is 62.1 Å². The van der Waals surface area contributed by atoms with Gasteiger partial charge < -0.3 is 15.3 Å². The third kappa shape index (κ3) is 3.34. The normalized spacial score (nSPS) is 29.8. The molecule has 2 aliphatic carbocycles. The Bertz CT molecular complexity index is 813. The molecule has 0 saturated heterocycles. The van der Waals surface area contributed by atoms with Crippen LogP contribution in [-0.4, -0.2) is 20.9 Å². The van der Waals surface area contributed by atoms with Crippen molar-refractivity contribution in [2.75, 3.05) is 0 Å². The van der Waals surface area contributed by atoms with Crippen molar-refractivity contribution < 1.29 is 15.3 Å². The summed E-state index contributed by atoms with van der Waals surface area (Å²) in [6.07, 6.45) is 7.48. The number of aliphatic hydroxyl groups is 1. The van der Waals surface area contributed by atoms with Gasteiger partial charge >= 0.3 is 0 Å². The topological polar surface area (TPSA) is 60.7 Å². The zero-order valence-corrected chi connectivity index (χ0v) is 16.1. The zero-order valence-electron chi connectivity index (χ0n) is 16.1. The van der Waals surface area contributed by atoms with Crippen molar-refractivity contribution in [3.05, 3.63) is 59.2 Å². The summed E-state index contributed by atoms with van der Waals surface area (Å²) in [5.74, 6) is 1.07. The summed E-state index contributed by atoms with van der Waals surface area (Å²) in [5, 5.41) is 30.8. The second-order valence-electron chi connectivity index (χ2n) is 8.75. The molecule has 144 valence electrons. The average Bonchev–Trinajstić information content (AvgIpc) is 2.64. The van der Waals surface area contributed by atoms with E-state index in [1.165, 1.54) is 16.7 Å². The predicted octanol–water partition coefficient (Wildman–Crippen LogP) is 4.86. The Hall–Kier alpha value is -2.00. The van der Waals surface area contributed by atoms with E-state index in [-0.39, 0.29) is 5.41 Å². The maximum Gasteiger partial charge on any atom is 0.115 e. The van der Waals surface area contributed by atoms with E-state index in [1.54, 1.807) is 12.1 Å². The number of hydrogen-bond donors (Lipinski definition) is 3. The Morgan fingerprint density at radius 2 is 1.74 bits per heavy atom. The molecule has 0 aromatic heterocycles. The van der Waals surface area contributed by atoms with E-state index >= 15 is 0 Å². The highest BCUT2D eigenvalue weighted by molar-refractivity contribution is 5.44. The Kier molecular flexibility index (Phi) is 4.67. The van der Waals surface area contributed by atoms with E-state index in [4.69, 9.17) is 0 Å². The minimum Gasteiger partial charge on any atom is -0.508 e. The fourth-order valence-electron chi connectivity index (χ4n) is 5.75. The van der Waals surface area contributed by atoms with Crippen LogP contribution in [0.5, 0.6) is 11.5 Å². The fourth-order valence-corrected chi connectivity index (χ4v) is 5.75. The number of phenolic OH excluding ortho intramolecular Hbond substituents is 2. The zero-order chi connectivity index (χ0) is 19.1. The first kappa shape index (κ1) is 18.4. The van der Waals surface area contributed by atoms with Gasteiger partial charge in [-0.3, -0.25) is 0 Å². The van der Waals surface area contributed by atoms with Crippen LogP contribution >= 0.6 is 0 Å². The number of rotatable bonds is 4. The van der Waals surface area contributed by atoms with Gasteiger partial charge in [-0.05, 0) is 91.8 Å². The van der Waals surface area contributed by atoms with E-state index in [1.807, 2.05) is 24.3 Å². The molecule has 0 bridgehead atoms. The predicted molar refractivity (Wildman–Crippen MR) is 107 cm³/mol. The Balaban J connectivity index is 1.75. The van der Waals surface area contributed by atoms with E-state index in [2.05, 4.69) is 13.0 Å². The molecule has 0 spiro atoms. The maximum absolute atomic E-state index is 11.1. The van der Waals surface area contributed by atoms with Gasteiger partial charge in [0.2, 0.25) is 0 Å². The molecule has 1 unspecified atom stereocenters. The molecule has 0 amide bonds. The average molecular weight is 367 g/mol. The lowest BCUT2D eigenvalue weighted by Crippen LogP contribution is -2.51. The number of fused-ring (bicyclic) bond motifs is 3. The quantitative estimate of drug-likeness (QED) is 0.724. The molecule has 2 aromatic rings. The molecule has 3 atom stereocenters. The fraction of sp³-hybridized carbons (Fsp3) is 0.500. The summed E-state index contributed by atoms with van der Waals surface area (Å²) in [6.45, 7) is 2.15. The van der Waals surface area contributed by atoms with Crippen LogP contribution in [0.2, 0.25) is 0 Å². The Morgan fingerprint density at radius 1 is 1.00 bits per heavy atom. The summed E-state index contributed by atoms with van der Waals surface area (Å²) in [5.41, 5.74) is 3.29. The van der Waals surface area contributed by atoms with Gasteiger partial charge in [0, 0.05) is 5.41 Å². The smallest absolute Gasteiger partial charge is 0.115 e. The number of phenols is 2. The molecule has 27 heavy (non-hydrogen) atoms. The third-order valence-electron chi connectivity index (χ3n) is 7.00. The molecule has 3 N–H and O–H groups in total. The maximum atomic E-state index is 11.1. The van der Waals surface area contributed by atoms with Crippen molar-refractivity contribution in [3.8, 4) is 11.5 Å². The molecule has 2 aromatic carbocycles. The van der Waals surface area contributed by atoms with Crippen molar-refractivity contribution >= 4 is 0 Å². The Labute approximate surface area is 161 Å². The lowest BCUT2D eigenvalue weighted by atomic mass is 9.52. The van der Waals surface area contributed by atoms with Gasteiger partial charge in [-0.2, -0.15) is 0 Å². The van der Waals surface area contributed by atoms with Crippen molar-refractivity contribution in [2.24, 2.45) is 5.92 Å². The van der Waals surface area contributed by atoms with Crippen LogP contribution in [0.15, 0.2) is 42.5 Å². The molecule has 1 fully saturated rings. The third-order valence-corrected chi connectivity index (χ3v) is 7.00. The molecule has 1 saturated carbocycles. The highest BCUT2D eigenvalue weighted by Gasteiger charge is 2.51. The van der Waals surface area contributed by atoms with Crippen molar-refractivity contribution in [1.29, 1.82) is 0 Å². The summed E-state index contributed by atoms with van der Waals surface area (Å²) < 4.78 is 0. The van der Waals surface area contributed by atoms with E-state index in [0.717, 1.165) is 51.4 Å². The summed E-state index contributed by atoms with van der Waals surface area (Å²) in [7, 11) is 0. The first-order chi connectivity index (χ1) is 12.9. The summed E-state index contributed by atoms with van der Waals surface area (Å²) in [4.78, 5) is 0. The molecular formula is C24H30O3. The van der Waals surface area contributed by atoms with Crippen molar-refractivity contribution in [3.63, 3.8) is 0 Å². The minimum atomic E-state index is -0.535. The van der Waals surface area contributed by atoms with Crippen LogP contribution < -0.4 is 0 Å². The summed E-state index contributed by atoms with van der Waals surface area (Å²) in [6, 6.07) is 13.4. The monoisotopic (exact) mass is 366 g/mol. The van der Waals surface area contributed by atoms with Crippen LogP contribution in [0, 0.1) is 5.92 Å². The lowest BCUT2D eigenvalue weighted by Gasteiger charge is -2.53.